The predicted molar refractivity (Wildman–Crippen MR) is 162 cm³/mol. The van der Waals surface area contributed by atoms with Gasteiger partial charge in [0.05, 0.1) is 36.5 Å². The Kier molecular flexibility index (Phi) is 8.35. The first-order valence-corrected chi connectivity index (χ1v) is 15.8. The maximum atomic E-state index is 12.5. The van der Waals surface area contributed by atoms with E-state index in [4.69, 9.17) is 14.7 Å². The maximum absolute atomic E-state index is 12.5. The molecular formula is C31H39N7O2S. The van der Waals surface area contributed by atoms with Gasteiger partial charge in [-0.05, 0) is 69.2 Å². The van der Waals surface area contributed by atoms with Crippen molar-refractivity contribution in [2.75, 3.05) is 61.9 Å². The number of carbonyl (C=O) groups excluding carboxylic acids is 1. The Hall–Kier alpha value is -3.29. The molecule has 1 aromatic heterocycles. The molecular weight excluding hydrogens is 534 g/mol. The van der Waals surface area contributed by atoms with Crippen molar-refractivity contribution in [3.63, 3.8) is 0 Å². The molecule has 0 spiro atoms. The molecule has 2 fully saturated rings. The van der Waals surface area contributed by atoms with Crippen LogP contribution in [0.25, 0.3) is 0 Å². The number of aryl methyl sites for hydroxylation is 1. The van der Waals surface area contributed by atoms with E-state index in [1.165, 1.54) is 40.8 Å². The summed E-state index contributed by atoms with van der Waals surface area (Å²) in [6, 6.07) is 9.56. The molecule has 5 heterocycles. The normalized spacial score (nSPS) is 22.6. The van der Waals surface area contributed by atoms with Crippen molar-refractivity contribution in [2.45, 2.75) is 62.0 Å². The van der Waals surface area contributed by atoms with Crippen molar-refractivity contribution < 1.29 is 9.53 Å². The first kappa shape index (κ1) is 27.9. The van der Waals surface area contributed by atoms with E-state index in [2.05, 4.69) is 52.6 Å². The monoisotopic (exact) mass is 573 g/mol. The van der Waals surface area contributed by atoms with E-state index in [0.29, 0.717) is 44.8 Å². The summed E-state index contributed by atoms with van der Waals surface area (Å²) in [6.07, 6.45) is 7.12. The fourth-order valence-electron chi connectivity index (χ4n) is 6.64. The molecule has 0 N–H and O–H groups in total. The lowest BCUT2D eigenvalue weighted by Crippen LogP contribution is -2.55. The van der Waals surface area contributed by atoms with Crippen molar-refractivity contribution in [1.82, 2.24) is 19.8 Å². The summed E-state index contributed by atoms with van der Waals surface area (Å²) in [7, 11) is 2.15. The SMILES string of the molecule is C=CC(=O)N1CCN(c2nc(OC[C@@H]3CCCN3C)nc3c2CCN(c2cccc4c2SCCC4)C3)C[C@@H]1CC#N. The van der Waals surface area contributed by atoms with Gasteiger partial charge in [0.1, 0.15) is 12.4 Å². The number of thioether (sulfide) groups is 1. The molecule has 0 unspecified atom stereocenters. The maximum Gasteiger partial charge on any atom is 0.318 e. The molecule has 6 rings (SSSR count). The van der Waals surface area contributed by atoms with Crippen molar-refractivity contribution in [3.8, 4) is 12.1 Å². The number of carbonyl (C=O) groups is 1. The van der Waals surface area contributed by atoms with E-state index in [-0.39, 0.29) is 18.4 Å². The second kappa shape index (κ2) is 12.3. The highest BCUT2D eigenvalue weighted by molar-refractivity contribution is 7.99. The molecule has 0 aliphatic carbocycles. The molecule has 1 amide bonds. The van der Waals surface area contributed by atoms with Crippen LogP contribution in [0.2, 0.25) is 0 Å². The third kappa shape index (κ3) is 5.75. The number of fused-ring (bicyclic) bond motifs is 2. The van der Waals surface area contributed by atoms with Crippen molar-refractivity contribution in [3.05, 3.63) is 47.7 Å². The number of piperazine rings is 1. The Morgan fingerprint density at radius 2 is 2.07 bits per heavy atom. The number of nitriles is 1. The zero-order valence-electron chi connectivity index (χ0n) is 23.9. The molecule has 10 heteroatoms. The second-order valence-electron chi connectivity index (χ2n) is 11.4. The third-order valence-electron chi connectivity index (χ3n) is 8.92. The minimum absolute atomic E-state index is 0.126. The Balaban J connectivity index is 1.31. The highest BCUT2D eigenvalue weighted by atomic mass is 32.2. The lowest BCUT2D eigenvalue weighted by atomic mass is 10.0. The van der Waals surface area contributed by atoms with Gasteiger partial charge in [-0.3, -0.25) is 4.79 Å². The molecule has 2 atom stereocenters. The third-order valence-corrected chi connectivity index (χ3v) is 10.2. The summed E-state index contributed by atoms with van der Waals surface area (Å²) in [5, 5.41) is 9.51. The first-order valence-electron chi connectivity index (χ1n) is 14.8. The fourth-order valence-corrected chi connectivity index (χ4v) is 7.83. The zero-order valence-corrected chi connectivity index (χ0v) is 24.7. The van der Waals surface area contributed by atoms with Crippen molar-refractivity contribution in [1.29, 1.82) is 5.26 Å². The number of likely N-dealkylation sites (N-methyl/N-ethyl adjacent to an activating group) is 1. The molecule has 1 aromatic carbocycles. The molecule has 216 valence electrons. The zero-order chi connectivity index (χ0) is 28.3. The first-order chi connectivity index (χ1) is 20.1. The summed E-state index contributed by atoms with van der Waals surface area (Å²) >= 11 is 1.97. The van der Waals surface area contributed by atoms with Crippen LogP contribution in [0.3, 0.4) is 0 Å². The molecule has 2 aromatic rings. The Labute approximate surface area is 247 Å². The Morgan fingerprint density at radius 1 is 1.17 bits per heavy atom. The molecule has 2 saturated heterocycles. The number of hydrogen-bond donors (Lipinski definition) is 0. The standard InChI is InChI=1S/C31H39N7O2S/c1-3-28(39)38-17-16-37(19-23(38)11-13-32)30-25-12-15-36(27-10-4-7-22-8-6-18-41-29(22)27)20-26(25)33-31(34-30)40-21-24-9-5-14-35(24)2/h3-4,7,10,23-24H,1,5-6,8-9,11-12,14-21H2,2H3/t23-,24-/m0/s1. The summed E-state index contributed by atoms with van der Waals surface area (Å²) in [5.41, 5.74) is 4.92. The number of nitrogens with zero attached hydrogens (tertiary/aromatic N) is 7. The summed E-state index contributed by atoms with van der Waals surface area (Å²) in [5.74, 6) is 1.93. The van der Waals surface area contributed by atoms with Crippen LogP contribution in [0.1, 0.15) is 42.5 Å². The van der Waals surface area contributed by atoms with Gasteiger partial charge in [0, 0.05) is 42.7 Å². The molecule has 9 nitrogen and oxygen atoms in total. The predicted octanol–water partition coefficient (Wildman–Crippen LogP) is 3.67. The molecule has 4 aliphatic rings. The number of aromatic nitrogens is 2. The smallest absolute Gasteiger partial charge is 0.318 e. The highest BCUT2D eigenvalue weighted by Crippen LogP contribution is 2.40. The van der Waals surface area contributed by atoms with Crippen LogP contribution >= 0.6 is 11.8 Å². The number of rotatable bonds is 7. The van der Waals surface area contributed by atoms with Crippen molar-refractivity contribution in [2.24, 2.45) is 0 Å². The van der Waals surface area contributed by atoms with Gasteiger partial charge in [-0.1, -0.05) is 18.7 Å². The average Bonchev–Trinajstić information content (AvgIpc) is 3.43. The Bertz CT molecular complexity index is 1340. The quantitative estimate of drug-likeness (QED) is 0.461. The molecule has 41 heavy (non-hydrogen) atoms. The number of benzene rings is 1. The van der Waals surface area contributed by atoms with Crippen molar-refractivity contribution >= 4 is 29.2 Å². The van der Waals surface area contributed by atoms with E-state index in [1.807, 2.05) is 11.8 Å². The molecule has 0 radical (unpaired) electrons. The lowest BCUT2D eigenvalue weighted by Gasteiger charge is -2.42. The number of ether oxygens (including phenoxy) is 1. The summed E-state index contributed by atoms with van der Waals surface area (Å²) in [4.78, 5) is 32.7. The van der Waals surface area contributed by atoms with E-state index in [9.17, 15) is 10.1 Å². The van der Waals surface area contributed by atoms with Crippen LogP contribution < -0.4 is 14.5 Å². The van der Waals surface area contributed by atoms with E-state index in [1.54, 1.807) is 4.90 Å². The minimum Gasteiger partial charge on any atom is -0.462 e. The summed E-state index contributed by atoms with van der Waals surface area (Å²) < 4.78 is 6.30. The van der Waals surface area contributed by atoms with Gasteiger partial charge in [0.25, 0.3) is 0 Å². The number of likely N-dealkylation sites (tertiary alicyclic amines) is 1. The minimum atomic E-state index is -0.214. The molecule has 0 bridgehead atoms. The highest BCUT2D eigenvalue weighted by Gasteiger charge is 2.34. The number of amides is 1. The van der Waals surface area contributed by atoms with Gasteiger partial charge < -0.3 is 24.3 Å². The van der Waals surface area contributed by atoms with E-state index < -0.39 is 0 Å². The van der Waals surface area contributed by atoms with Crippen LogP contribution in [0.15, 0.2) is 35.7 Å². The number of anilines is 2. The molecule has 0 saturated carbocycles. The van der Waals surface area contributed by atoms with Crippen LogP contribution in [0, 0.1) is 11.3 Å². The second-order valence-corrected chi connectivity index (χ2v) is 12.5. The number of hydrogen-bond acceptors (Lipinski definition) is 9. The van der Waals surface area contributed by atoms with Gasteiger partial charge in [-0.15, -0.1) is 11.8 Å². The summed E-state index contributed by atoms with van der Waals surface area (Å²) in [6.45, 7) is 8.64. The van der Waals surface area contributed by atoms with Gasteiger partial charge in [0.2, 0.25) is 5.91 Å². The molecule has 4 aliphatic heterocycles. The topological polar surface area (TPSA) is 88.8 Å². The van der Waals surface area contributed by atoms with Gasteiger partial charge in [-0.25, -0.2) is 0 Å². The van der Waals surface area contributed by atoms with E-state index >= 15 is 0 Å². The van der Waals surface area contributed by atoms with E-state index in [0.717, 1.165) is 49.4 Å². The average molecular weight is 574 g/mol. The fraction of sp³-hybridized carbons (Fsp3) is 0.548. The van der Waals surface area contributed by atoms with Gasteiger partial charge >= 0.3 is 6.01 Å². The van der Waals surface area contributed by atoms with Gasteiger partial charge in [-0.2, -0.15) is 15.2 Å². The van der Waals surface area contributed by atoms with Crippen LogP contribution in [-0.4, -0.2) is 89.9 Å². The van der Waals surface area contributed by atoms with Crippen LogP contribution in [0.4, 0.5) is 11.5 Å². The van der Waals surface area contributed by atoms with Crippen LogP contribution in [-0.2, 0) is 24.2 Å². The Morgan fingerprint density at radius 3 is 2.88 bits per heavy atom. The van der Waals surface area contributed by atoms with Crippen LogP contribution in [0.5, 0.6) is 6.01 Å². The lowest BCUT2D eigenvalue weighted by molar-refractivity contribution is -0.128. The van der Waals surface area contributed by atoms with Gasteiger partial charge in [0.15, 0.2) is 0 Å². The largest absolute Gasteiger partial charge is 0.462 e.